The molecule has 0 saturated carbocycles. The maximum absolute atomic E-state index is 12.8. The van der Waals surface area contributed by atoms with Crippen molar-refractivity contribution < 1.29 is 9.53 Å². The Morgan fingerprint density at radius 1 is 1.36 bits per heavy atom. The molecule has 0 aliphatic carbocycles. The van der Waals surface area contributed by atoms with Crippen LogP contribution in [0.5, 0.6) is 0 Å². The van der Waals surface area contributed by atoms with Crippen LogP contribution in [0.15, 0.2) is 30.3 Å². The average molecular weight is 302 g/mol. The van der Waals surface area contributed by atoms with Crippen molar-refractivity contribution in [3.63, 3.8) is 0 Å². The van der Waals surface area contributed by atoms with E-state index in [0.29, 0.717) is 6.54 Å². The van der Waals surface area contributed by atoms with Gasteiger partial charge < -0.3 is 15.4 Å². The van der Waals surface area contributed by atoms with Gasteiger partial charge in [-0.15, -0.1) is 0 Å². The second-order valence-electron chi connectivity index (χ2n) is 7.11. The molecule has 2 saturated heterocycles. The first kappa shape index (κ1) is 15.5. The van der Waals surface area contributed by atoms with Crippen molar-refractivity contribution in [3.8, 4) is 0 Å². The van der Waals surface area contributed by atoms with Crippen molar-refractivity contribution >= 4 is 5.91 Å². The highest BCUT2D eigenvalue weighted by molar-refractivity contribution is 5.82. The van der Waals surface area contributed by atoms with Crippen LogP contribution < -0.4 is 5.73 Å². The molecule has 1 aromatic rings. The van der Waals surface area contributed by atoms with Crippen molar-refractivity contribution in [2.24, 2.45) is 11.1 Å². The van der Waals surface area contributed by atoms with Crippen LogP contribution in [0.1, 0.15) is 44.8 Å². The third kappa shape index (κ3) is 2.77. The molecule has 1 amide bonds. The van der Waals surface area contributed by atoms with Crippen molar-refractivity contribution in [1.82, 2.24) is 4.90 Å². The number of hydrogen-bond donors (Lipinski definition) is 1. The van der Waals surface area contributed by atoms with Crippen LogP contribution in [-0.4, -0.2) is 36.0 Å². The standard InChI is InChI=1S/C18H26N2O2/c1-18(2,12-19)17(21)20-10-6-9-15-14(20)11-16(22-15)13-7-4-3-5-8-13/h3-5,7-8,14-16H,6,9-12,19H2,1-2H3/t14-,15-,16-/m0/s1. The van der Waals surface area contributed by atoms with E-state index in [1.165, 1.54) is 5.56 Å². The van der Waals surface area contributed by atoms with Gasteiger partial charge in [-0.05, 0) is 32.3 Å². The van der Waals surface area contributed by atoms with Crippen molar-refractivity contribution in [1.29, 1.82) is 0 Å². The normalized spacial score (nSPS) is 28.5. The summed E-state index contributed by atoms with van der Waals surface area (Å²) in [5.41, 5.74) is 6.51. The molecule has 1 aromatic carbocycles. The number of hydrogen-bond acceptors (Lipinski definition) is 3. The van der Waals surface area contributed by atoms with Crippen LogP contribution in [0.2, 0.25) is 0 Å². The van der Waals surface area contributed by atoms with Crippen LogP contribution >= 0.6 is 0 Å². The lowest BCUT2D eigenvalue weighted by Gasteiger charge is -2.40. The fourth-order valence-corrected chi connectivity index (χ4v) is 3.56. The molecule has 0 bridgehead atoms. The van der Waals surface area contributed by atoms with E-state index in [0.717, 1.165) is 25.8 Å². The summed E-state index contributed by atoms with van der Waals surface area (Å²) in [6, 6.07) is 10.5. The molecule has 22 heavy (non-hydrogen) atoms. The highest BCUT2D eigenvalue weighted by atomic mass is 16.5. The van der Waals surface area contributed by atoms with Gasteiger partial charge in [0.25, 0.3) is 0 Å². The van der Waals surface area contributed by atoms with Crippen molar-refractivity contribution in [2.75, 3.05) is 13.1 Å². The molecule has 2 N–H and O–H groups in total. The van der Waals surface area contributed by atoms with Gasteiger partial charge in [0.05, 0.1) is 23.7 Å². The number of nitrogens with two attached hydrogens (primary N) is 1. The summed E-state index contributed by atoms with van der Waals surface area (Å²) in [7, 11) is 0. The molecule has 0 radical (unpaired) electrons. The maximum atomic E-state index is 12.8. The first-order valence-corrected chi connectivity index (χ1v) is 8.24. The van der Waals surface area contributed by atoms with Gasteiger partial charge in [0.2, 0.25) is 5.91 Å². The Kier molecular flexibility index (Phi) is 4.24. The molecular weight excluding hydrogens is 276 g/mol. The maximum Gasteiger partial charge on any atom is 0.229 e. The van der Waals surface area contributed by atoms with Gasteiger partial charge in [-0.3, -0.25) is 4.79 Å². The quantitative estimate of drug-likeness (QED) is 0.933. The van der Waals surface area contributed by atoms with E-state index in [-0.39, 0.29) is 24.2 Å². The number of likely N-dealkylation sites (tertiary alicyclic amines) is 1. The molecule has 2 aliphatic heterocycles. The third-order valence-corrected chi connectivity index (χ3v) is 5.03. The highest BCUT2D eigenvalue weighted by Gasteiger charge is 2.45. The first-order valence-electron chi connectivity index (χ1n) is 8.24. The van der Waals surface area contributed by atoms with Gasteiger partial charge in [0, 0.05) is 19.5 Å². The fourth-order valence-electron chi connectivity index (χ4n) is 3.56. The summed E-state index contributed by atoms with van der Waals surface area (Å²) in [6.07, 6.45) is 3.21. The lowest BCUT2D eigenvalue weighted by molar-refractivity contribution is -0.145. The smallest absolute Gasteiger partial charge is 0.229 e. The van der Waals surface area contributed by atoms with E-state index >= 15 is 0 Å². The Bertz CT molecular complexity index is 529. The summed E-state index contributed by atoms with van der Waals surface area (Å²) in [6.45, 7) is 5.07. The van der Waals surface area contributed by atoms with Crippen molar-refractivity contribution in [3.05, 3.63) is 35.9 Å². The highest BCUT2D eigenvalue weighted by Crippen LogP contribution is 2.40. The minimum atomic E-state index is -0.493. The molecule has 0 aromatic heterocycles. The second kappa shape index (κ2) is 6.01. The number of carbonyl (C=O) groups is 1. The van der Waals surface area contributed by atoms with E-state index in [2.05, 4.69) is 12.1 Å². The monoisotopic (exact) mass is 302 g/mol. The number of amides is 1. The minimum Gasteiger partial charge on any atom is -0.368 e. The van der Waals surface area contributed by atoms with Crippen LogP contribution in [0.4, 0.5) is 0 Å². The number of piperidine rings is 1. The lowest BCUT2D eigenvalue weighted by Crippen LogP contribution is -2.54. The third-order valence-electron chi connectivity index (χ3n) is 5.03. The molecule has 120 valence electrons. The summed E-state index contributed by atoms with van der Waals surface area (Å²) in [4.78, 5) is 14.9. The Hall–Kier alpha value is -1.39. The van der Waals surface area contributed by atoms with Gasteiger partial charge >= 0.3 is 0 Å². The largest absolute Gasteiger partial charge is 0.368 e. The Labute approximate surface area is 132 Å². The predicted octanol–water partition coefficient (Wildman–Crippen LogP) is 2.49. The summed E-state index contributed by atoms with van der Waals surface area (Å²) >= 11 is 0. The zero-order chi connectivity index (χ0) is 15.7. The van der Waals surface area contributed by atoms with Gasteiger partial charge in [-0.1, -0.05) is 30.3 Å². The summed E-state index contributed by atoms with van der Waals surface area (Å²) < 4.78 is 6.25. The van der Waals surface area contributed by atoms with Gasteiger partial charge in [-0.25, -0.2) is 0 Å². The molecule has 2 heterocycles. The lowest BCUT2D eigenvalue weighted by atomic mass is 9.88. The molecule has 0 spiro atoms. The molecule has 3 rings (SSSR count). The van der Waals surface area contributed by atoms with E-state index in [4.69, 9.17) is 10.5 Å². The van der Waals surface area contributed by atoms with Crippen LogP contribution in [0.25, 0.3) is 0 Å². The fraction of sp³-hybridized carbons (Fsp3) is 0.611. The minimum absolute atomic E-state index is 0.102. The van der Waals surface area contributed by atoms with E-state index in [9.17, 15) is 4.79 Å². The van der Waals surface area contributed by atoms with Crippen LogP contribution in [0.3, 0.4) is 0 Å². The molecule has 0 unspecified atom stereocenters. The SMILES string of the molecule is CC(C)(CN)C(=O)N1CCC[C@@H]2O[C@H](c3ccccc3)C[C@@H]21. The number of rotatable bonds is 3. The molecular formula is C18H26N2O2. The van der Waals surface area contributed by atoms with Gasteiger partial charge in [0.15, 0.2) is 0 Å². The Morgan fingerprint density at radius 3 is 2.77 bits per heavy atom. The average Bonchev–Trinajstić information content (AvgIpc) is 2.99. The molecule has 4 heteroatoms. The zero-order valence-electron chi connectivity index (χ0n) is 13.5. The topological polar surface area (TPSA) is 55.6 Å². The van der Waals surface area contributed by atoms with Crippen LogP contribution in [0, 0.1) is 5.41 Å². The first-order chi connectivity index (χ1) is 10.5. The number of benzene rings is 1. The van der Waals surface area contributed by atoms with Gasteiger partial charge in [-0.2, -0.15) is 0 Å². The number of ether oxygens (including phenoxy) is 1. The van der Waals surface area contributed by atoms with Crippen LogP contribution in [-0.2, 0) is 9.53 Å². The summed E-state index contributed by atoms with van der Waals surface area (Å²) in [5, 5.41) is 0. The zero-order valence-corrected chi connectivity index (χ0v) is 13.5. The molecule has 4 nitrogen and oxygen atoms in total. The number of nitrogens with zero attached hydrogens (tertiary/aromatic N) is 1. The summed E-state index contributed by atoms with van der Waals surface area (Å²) in [5.74, 6) is 0.169. The second-order valence-corrected chi connectivity index (χ2v) is 7.11. The Morgan fingerprint density at radius 2 is 2.09 bits per heavy atom. The van der Waals surface area contributed by atoms with E-state index < -0.39 is 5.41 Å². The van der Waals surface area contributed by atoms with Gasteiger partial charge in [0.1, 0.15) is 0 Å². The number of fused-ring (bicyclic) bond motifs is 1. The molecule has 2 fully saturated rings. The molecule has 3 atom stereocenters. The van der Waals surface area contributed by atoms with E-state index in [1.54, 1.807) is 0 Å². The predicted molar refractivity (Wildman–Crippen MR) is 86.2 cm³/mol. The number of carbonyl (C=O) groups excluding carboxylic acids is 1. The molecule has 2 aliphatic rings. The van der Waals surface area contributed by atoms with E-state index in [1.807, 2.05) is 36.9 Å². The Balaban J connectivity index is 1.78. The van der Waals surface area contributed by atoms with Crippen molar-refractivity contribution in [2.45, 2.75) is 51.4 Å².